The van der Waals surface area contributed by atoms with Gasteiger partial charge in [-0.1, -0.05) is 65.8 Å². The maximum Gasteiger partial charge on any atom is 0.113 e. The Morgan fingerprint density at radius 3 is 2.00 bits per heavy atom. The van der Waals surface area contributed by atoms with E-state index < -0.39 is 30.5 Å². The van der Waals surface area contributed by atoms with E-state index in [1.807, 2.05) is 67.6 Å². The van der Waals surface area contributed by atoms with Crippen molar-refractivity contribution in [2.75, 3.05) is 6.61 Å². The summed E-state index contributed by atoms with van der Waals surface area (Å²) in [6.45, 7) is 2.29. The highest BCUT2D eigenvalue weighted by Crippen LogP contribution is 2.29. The highest BCUT2D eigenvalue weighted by atomic mass is 16.6. The zero-order chi connectivity index (χ0) is 19.8. The number of aliphatic hydroxyl groups excluding tert-OH is 1. The van der Waals surface area contributed by atoms with Crippen molar-refractivity contribution in [3.63, 3.8) is 0 Å². The first-order valence-corrected chi connectivity index (χ1v) is 9.34. The molecule has 148 valence electrons. The Hall–Kier alpha value is -2.41. The Morgan fingerprint density at radius 1 is 0.964 bits per heavy atom. The molecule has 0 radical (unpaired) electrons. The van der Waals surface area contributed by atoms with Crippen LogP contribution in [0.2, 0.25) is 0 Å². The standard InChI is InChI=1S/C21H25N3O4/c1-15-19(23-24-22)21(27-14-17-10-6-3-7-11-17)20(18(12-25)28-15)26-13-16-8-4-2-5-9-16/h2-11,15,18-21,25H,12-14H2,1H3/t15-,18+,19-,20-,21+/m0/s1. The van der Waals surface area contributed by atoms with Crippen LogP contribution in [0.15, 0.2) is 65.8 Å². The molecule has 3 rings (SSSR count). The van der Waals surface area contributed by atoms with Gasteiger partial charge in [0.25, 0.3) is 0 Å². The summed E-state index contributed by atoms with van der Waals surface area (Å²) in [6.07, 6.45) is -2.07. The second kappa shape index (κ2) is 10.2. The predicted molar refractivity (Wildman–Crippen MR) is 104 cm³/mol. The van der Waals surface area contributed by atoms with Gasteiger partial charge in [0.1, 0.15) is 12.2 Å². The van der Waals surface area contributed by atoms with Crippen molar-refractivity contribution in [3.8, 4) is 0 Å². The fraction of sp³-hybridized carbons (Fsp3) is 0.429. The summed E-state index contributed by atoms with van der Waals surface area (Å²) in [5.74, 6) is 0. The number of nitrogens with zero attached hydrogens (tertiary/aromatic N) is 3. The summed E-state index contributed by atoms with van der Waals surface area (Å²) in [7, 11) is 0. The van der Waals surface area contributed by atoms with Crippen LogP contribution in [0.25, 0.3) is 10.4 Å². The highest BCUT2D eigenvalue weighted by molar-refractivity contribution is 5.14. The van der Waals surface area contributed by atoms with E-state index in [4.69, 9.17) is 19.7 Å². The van der Waals surface area contributed by atoms with E-state index >= 15 is 0 Å². The van der Waals surface area contributed by atoms with Crippen LogP contribution < -0.4 is 0 Å². The second-order valence-electron chi connectivity index (χ2n) is 6.78. The van der Waals surface area contributed by atoms with Crippen molar-refractivity contribution in [3.05, 3.63) is 82.2 Å². The first-order valence-electron chi connectivity index (χ1n) is 9.34. The normalized spacial score (nSPS) is 27.1. The lowest BCUT2D eigenvalue weighted by Gasteiger charge is -2.43. The number of aliphatic hydroxyl groups is 1. The Bertz CT molecular complexity index is 768. The fourth-order valence-electron chi connectivity index (χ4n) is 3.40. The van der Waals surface area contributed by atoms with Gasteiger partial charge in [0.15, 0.2) is 0 Å². The van der Waals surface area contributed by atoms with Crippen molar-refractivity contribution in [2.24, 2.45) is 5.11 Å². The van der Waals surface area contributed by atoms with Crippen LogP contribution in [-0.4, -0.2) is 42.2 Å². The molecule has 0 amide bonds. The molecule has 1 aliphatic rings. The molecule has 0 bridgehead atoms. The summed E-state index contributed by atoms with van der Waals surface area (Å²) in [6, 6.07) is 18.9. The molecule has 1 saturated heterocycles. The van der Waals surface area contributed by atoms with Crippen LogP contribution in [0.5, 0.6) is 0 Å². The lowest BCUT2D eigenvalue weighted by molar-refractivity contribution is -0.220. The summed E-state index contributed by atoms with van der Waals surface area (Å²) in [5.41, 5.74) is 11.0. The number of rotatable bonds is 8. The minimum atomic E-state index is -0.569. The van der Waals surface area contributed by atoms with Crippen LogP contribution in [0.1, 0.15) is 18.1 Å². The summed E-state index contributed by atoms with van der Waals surface area (Å²) < 4.78 is 18.1. The van der Waals surface area contributed by atoms with Gasteiger partial charge in [-0.2, -0.15) is 0 Å². The van der Waals surface area contributed by atoms with Gasteiger partial charge in [0.2, 0.25) is 0 Å². The summed E-state index contributed by atoms with van der Waals surface area (Å²) in [5, 5.41) is 13.7. The molecule has 0 unspecified atom stereocenters. The highest BCUT2D eigenvalue weighted by Gasteiger charge is 2.45. The van der Waals surface area contributed by atoms with Gasteiger partial charge < -0.3 is 19.3 Å². The molecule has 5 atom stereocenters. The number of hydrogen-bond acceptors (Lipinski definition) is 5. The van der Waals surface area contributed by atoms with Gasteiger partial charge in [0, 0.05) is 4.91 Å². The van der Waals surface area contributed by atoms with Gasteiger partial charge in [-0.15, -0.1) is 0 Å². The third kappa shape index (κ3) is 5.10. The van der Waals surface area contributed by atoms with Gasteiger partial charge in [-0.25, -0.2) is 0 Å². The Labute approximate surface area is 164 Å². The van der Waals surface area contributed by atoms with E-state index in [0.29, 0.717) is 13.2 Å². The van der Waals surface area contributed by atoms with Crippen LogP contribution >= 0.6 is 0 Å². The van der Waals surface area contributed by atoms with Crippen LogP contribution in [-0.2, 0) is 27.4 Å². The fourth-order valence-corrected chi connectivity index (χ4v) is 3.40. The summed E-state index contributed by atoms with van der Waals surface area (Å²) >= 11 is 0. The van der Waals surface area contributed by atoms with Crippen molar-refractivity contribution in [2.45, 2.75) is 50.6 Å². The predicted octanol–water partition coefficient (Wildman–Crippen LogP) is 3.62. The van der Waals surface area contributed by atoms with Crippen molar-refractivity contribution < 1.29 is 19.3 Å². The second-order valence-corrected chi connectivity index (χ2v) is 6.78. The molecule has 2 aromatic rings. The quantitative estimate of drug-likeness (QED) is 0.428. The summed E-state index contributed by atoms with van der Waals surface area (Å²) in [4.78, 5) is 2.97. The van der Waals surface area contributed by atoms with E-state index in [2.05, 4.69) is 10.0 Å². The molecule has 0 saturated carbocycles. The number of ether oxygens (including phenoxy) is 3. The van der Waals surface area contributed by atoms with Crippen molar-refractivity contribution in [1.82, 2.24) is 0 Å². The van der Waals surface area contributed by atoms with Gasteiger partial charge in [-0.05, 0) is 23.6 Å². The van der Waals surface area contributed by atoms with Crippen molar-refractivity contribution >= 4 is 0 Å². The Balaban J connectivity index is 1.79. The van der Waals surface area contributed by atoms with Gasteiger partial charge >= 0.3 is 0 Å². The largest absolute Gasteiger partial charge is 0.394 e. The van der Waals surface area contributed by atoms with E-state index in [9.17, 15) is 5.11 Å². The van der Waals surface area contributed by atoms with Crippen molar-refractivity contribution in [1.29, 1.82) is 0 Å². The lowest BCUT2D eigenvalue weighted by Crippen LogP contribution is -2.58. The molecule has 1 aliphatic heterocycles. The zero-order valence-corrected chi connectivity index (χ0v) is 15.8. The number of hydrogen-bond donors (Lipinski definition) is 1. The minimum absolute atomic E-state index is 0.210. The minimum Gasteiger partial charge on any atom is -0.394 e. The molecule has 7 nitrogen and oxygen atoms in total. The molecular formula is C21H25N3O4. The zero-order valence-electron chi connectivity index (χ0n) is 15.8. The van der Waals surface area contributed by atoms with E-state index in [1.54, 1.807) is 0 Å². The Morgan fingerprint density at radius 2 is 1.50 bits per heavy atom. The Kier molecular flexibility index (Phi) is 7.42. The van der Waals surface area contributed by atoms with Crippen LogP contribution in [0, 0.1) is 0 Å². The molecular weight excluding hydrogens is 358 g/mol. The molecule has 7 heteroatoms. The van der Waals surface area contributed by atoms with E-state index in [1.165, 1.54) is 0 Å². The lowest BCUT2D eigenvalue weighted by atomic mass is 9.93. The maximum atomic E-state index is 9.83. The number of azide groups is 1. The third-order valence-corrected chi connectivity index (χ3v) is 4.83. The molecule has 2 aromatic carbocycles. The smallest absolute Gasteiger partial charge is 0.113 e. The van der Waals surface area contributed by atoms with Crippen LogP contribution in [0.4, 0.5) is 0 Å². The van der Waals surface area contributed by atoms with Gasteiger partial charge in [0.05, 0.1) is 38.1 Å². The van der Waals surface area contributed by atoms with Gasteiger partial charge in [-0.3, -0.25) is 0 Å². The van der Waals surface area contributed by atoms with E-state index in [0.717, 1.165) is 11.1 Å². The molecule has 28 heavy (non-hydrogen) atoms. The third-order valence-electron chi connectivity index (χ3n) is 4.83. The molecule has 1 fully saturated rings. The molecule has 1 heterocycles. The SMILES string of the molecule is C[C@@H]1O[C@H](CO)[C@H](OCc2ccccc2)[C@H](OCc2ccccc2)[C@H]1N=[N+]=[N-]. The first-order chi connectivity index (χ1) is 13.7. The molecule has 0 aliphatic carbocycles. The molecule has 1 N–H and O–H groups in total. The van der Waals surface area contributed by atoms with E-state index in [-0.39, 0.29) is 6.61 Å². The van der Waals surface area contributed by atoms with Crippen LogP contribution in [0.3, 0.4) is 0 Å². The molecule has 0 aromatic heterocycles. The monoisotopic (exact) mass is 383 g/mol. The first kappa shape index (κ1) is 20.3. The average Bonchev–Trinajstić information content (AvgIpc) is 2.74. The topological polar surface area (TPSA) is 96.7 Å². The number of benzene rings is 2. The maximum absolute atomic E-state index is 9.83. The molecule has 0 spiro atoms. The average molecular weight is 383 g/mol.